The minimum Gasteiger partial charge on any atom is -0.497 e. The summed E-state index contributed by atoms with van der Waals surface area (Å²) in [6.45, 7) is 1.85. The van der Waals surface area contributed by atoms with Crippen molar-refractivity contribution < 1.29 is 19.0 Å². The van der Waals surface area contributed by atoms with Gasteiger partial charge in [0.15, 0.2) is 0 Å². The molecular formula is C17H19ClN2O4. The molecule has 0 atom stereocenters. The minimum absolute atomic E-state index is 0.426. The standard InChI is InChI=1S/C17H19ClN2O4/c1-10-5-15(16(24-4)9-14(10)18)20-17(21)19-11-6-12(22-2)8-13(7-11)23-3/h5-9H,1-4H3,(H2,19,20,21). The molecule has 0 aliphatic rings. The van der Waals surface area contributed by atoms with E-state index in [1.54, 1.807) is 44.6 Å². The number of carbonyl (C=O) groups is 1. The second-order valence-electron chi connectivity index (χ2n) is 4.98. The second kappa shape index (κ2) is 7.79. The van der Waals surface area contributed by atoms with Gasteiger partial charge in [-0.05, 0) is 18.6 Å². The van der Waals surface area contributed by atoms with Crippen LogP contribution in [-0.4, -0.2) is 27.4 Å². The summed E-state index contributed by atoms with van der Waals surface area (Å²) < 4.78 is 15.6. The van der Waals surface area contributed by atoms with Crippen LogP contribution in [0, 0.1) is 6.92 Å². The molecule has 7 heteroatoms. The van der Waals surface area contributed by atoms with Crippen molar-refractivity contribution in [2.75, 3.05) is 32.0 Å². The third-order valence-electron chi connectivity index (χ3n) is 3.34. The van der Waals surface area contributed by atoms with Crippen molar-refractivity contribution in [3.8, 4) is 17.2 Å². The van der Waals surface area contributed by atoms with Crippen molar-refractivity contribution in [2.24, 2.45) is 0 Å². The second-order valence-corrected chi connectivity index (χ2v) is 5.39. The summed E-state index contributed by atoms with van der Waals surface area (Å²) in [7, 11) is 4.59. The zero-order chi connectivity index (χ0) is 17.7. The fraction of sp³-hybridized carbons (Fsp3) is 0.235. The molecule has 0 bridgehead atoms. The number of aryl methyl sites for hydroxylation is 1. The van der Waals surface area contributed by atoms with Crippen molar-refractivity contribution in [3.63, 3.8) is 0 Å². The first-order chi connectivity index (χ1) is 11.5. The third kappa shape index (κ3) is 4.23. The summed E-state index contributed by atoms with van der Waals surface area (Å²) in [5.74, 6) is 1.62. The largest absolute Gasteiger partial charge is 0.497 e. The van der Waals surface area contributed by atoms with Crippen LogP contribution in [0.25, 0.3) is 0 Å². The highest BCUT2D eigenvalue weighted by Gasteiger charge is 2.11. The predicted molar refractivity (Wildman–Crippen MR) is 94.9 cm³/mol. The van der Waals surface area contributed by atoms with Gasteiger partial charge in [-0.3, -0.25) is 0 Å². The number of rotatable bonds is 5. The van der Waals surface area contributed by atoms with Gasteiger partial charge in [-0.2, -0.15) is 0 Å². The van der Waals surface area contributed by atoms with E-state index in [0.29, 0.717) is 33.6 Å². The number of halogens is 1. The molecule has 0 fully saturated rings. The number of carbonyl (C=O) groups excluding carboxylic acids is 1. The monoisotopic (exact) mass is 350 g/mol. The van der Waals surface area contributed by atoms with Crippen LogP contribution >= 0.6 is 11.6 Å². The average molecular weight is 351 g/mol. The summed E-state index contributed by atoms with van der Waals surface area (Å²) in [6, 6.07) is 8.06. The number of methoxy groups -OCH3 is 3. The van der Waals surface area contributed by atoms with Crippen LogP contribution in [0.4, 0.5) is 16.2 Å². The van der Waals surface area contributed by atoms with E-state index in [-0.39, 0.29) is 0 Å². The van der Waals surface area contributed by atoms with Crippen LogP contribution in [0.2, 0.25) is 5.02 Å². The normalized spacial score (nSPS) is 10.0. The highest BCUT2D eigenvalue weighted by Crippen LogP contribution is 2.31. The van der Waals surface area contributed by atoms with Crippen LogP contribution in [0.15, 0.2) is 30.3 Å². The van der Waals surface area contributed by atoms with Crippen LogP contribution in [0.3, 0.4) is 0 Å². The number of hydrogen-bond acceptors (Lipinski definition) is 4. The molecule has 128 valence electrons. The maximum atomic E-state index is 12.3. The van der Waals surface area contributed by atoms with Crippen molar-refractivity contribution in [1.82, 2.24) is 0 Å². The Morgan fingerprint density at radius 2 is 1.54 bits per heavy atom. The Balaban J connectivity index is 2.18. The molecule has 0 unspecified atom stereocenters. The molecule has 0 aliphatic carbocycles. The smallest absolute Gasteiger partial charge is 0.323 e. The molecule has 0 aromatic heterocycles. The molecule has 2 aromatic carbocycles. The number of benzene rings is 2. The van der Waals surface area contributed by atoms with Crippen molar-refractivity contribution in [2.45, 2.75) is 6.92 Å². The lowest BCUT2D eigenvalue weighted by atomic mass is 10.2. The molecular weight excluding hydrogens is 332 g/mol. The average Bonchev–Trinajstić information content (AvgIpc) is 2.57. The zero-order valence-corrected chi connectivity index (χ0v) is 14.7. The molecule has 0 saturated heterocycles. The number of hydrogen-bond donors (Lipinski definition) is 2. The molecule has 0 radical (unpaired) electrons. The van der Waals surface area contributed by atoms with Crippen LogP contribution in [-0.2, 0) is 0 Å². The first kappa shape index (κ1) is 17.7. The lowest BCUT2D eigenvalue weighted by Crippen LogP contribution is -2.20. The van der Waals surface area contributed by atoms with E-state index in [9.17, 15) is 4.79 Å². The van der Waals surface area contributed by atoms with E-state index in [0.717, 1.165) is 5.56 Å². The van der Waals surface area contributed by atoms with Gasteiger partial charge in [-0.15, -0.1) is 0 Å². The van der Waals surface area contributed by atoms with Gasteiger partial charge in [0, 0.05) is 35.0 Å². The first-order valence-electron chi connectivity index (χ1n) is 7.12. The van der Waals surface area contributed by atoms with Gasteiger partial charge in [0.2, 0.25) is 0 Å². The molecule has 0 heterocycles. The summed E-state index contributed by atoms with van der Waals surface area (Å²) in [6.07, 6.45) is 0. The van der Waals surface area contributed by atoms with E-state index in [4.69, 9.17) is 25.8 Å². The molecule has 2 amide bonds. The van der Waals surface area contributed by atoms with E-state index in [1.807, 2.05) is 6.92 Å². The number of ether oxygens (including phenoxy) is 3. The van der Waals surface area contributed by atoms with Gasteiger partial charge in [-0.25, -0.2) is 4.79 Å². The fourth-order valence-corrected chi connectivity index (χ4v) is 2.25. The summed E-state index contributed by atoms with van der Waals surface area (Å²) in [4.78, 5) is 12.3. The van der Waals surface area contributed by atoms with Gasteiger partial charge in [-0.1, -0.05) is 11.6 Å². The van der Waals surface area contributed by atoms with Crippen molar-refractivity contribution in [1.29, 1.82) is 0 Å². The topological polar surface area (TPSA) is 68.8 Å². The number of anilines is 2. The quantitative estimate of drug-likeness (QED) is 0.842. The Morgan fingerprint density at radius 1 is 0.917 bits per heavy atom. The maximum Gasteiger partial charge on any atom is 0.323 e. The van der Waals surface area contributed by atoms with E-state index >= 15 is 0 Å². The molecule has 0 aliphatic heterocycles. The summed E-state index contributed by atoms with van der Waals surface area (Å²) in [5, 5.41) is 6.03. The van der Waals surface area contributed by atoms with Gasteiger partial charge in [0.1, 0.15) is 17.2 Å². The Hall–Kier alpha value is -2.60. The minimum atomic E-state index is -0.426. The van der Waals surface area contributed by atoms with Crippen LogP contribution in [0.1, 0.15) is 5.56 Å². The first-order valence-corrected chi connectivity index (χ1v) is 7.49. The van der Waals surface area contributed by atoms with Gasteiger partial charge in [0.25, 0.3) is 0 Å². The Labute approximate surface area is 145 Å². The SMILES string of the molecule is COc1cc(NC(=O)Nc2cc(C)c(Cl)cc2OC)cc(OC)c1. The van der Waals surface area contributed by atoms with E-state index < -0.39 is 6.03 Å². The fourth-order valence-electron chi connectivity index (χ4n) is 2.09. The summed E-state index contributed by atoms with van der Waals surface area (Å²) in [5.41, 5.74) is 1.89. The number of nitrogens with one attached hydrogen (secondary N) is 2. The maximum absolute atomic E-state index is 12.3. The molecule has 6 nitrogen and oxygen atoms in total. The molecule has 0 saturated carbocycles. The zero-order valence-electron chi connectivity index (χ0n) is 13.9. The van der Waals surface area contributed by atoms with Gasteiger partial charge in [0.05, 0.1) is 27.0 Å². The summed E-state index contributed by atoms with van der Waals surface area (Å²) >= 11 is 6.06. The van der Waals surface area contributed by atoms with Crippen LogP contribution < -0.4 is 24.8 Å². The van der Waals surface area contributed by atoms with Crippen molar-refractivity contribution >= 4 is 29.0 Å². The van der Waals surface area contributed by atoms with Gasteiger partial charge >= 0.3 is 6.03 Å². The molecule has 2 rings (SSSR count). The lowest BCUT2D eigenvalue weighted by Gasteiger charge is -2.14. The molecule has 0 spiro atoms. The van der Waals surface area contributed by atoms with E-state index in [2.05, 4.69) is 10.6 Å². The highest BCUT2D eigenvalue weighted by molar-refractivity contribution is 6.31. The Kier molecular flexibility index (Phi) is 5.76. The molecule has 24 heavy (non-hydrogen) atoms. The molecule has 2 N–H and O–H groups in total. The Bertz CT molecular complexity index is 727. The van der Waals surface area contributed by atoms with Crippen LogP contribution in [0.5, 0.6) is 17.2 Å². The lowest BCUT2D eigenvalue weighted by molar-refractivity contribution is 0.262. The van der Waals surface area contributed by atoms with Gasteiger partial charge < -0.3 is 24.8 Å². The van der Waals surface area contributed by atoms with E-state index in [1.165, 1.54) is 7.11 Å². The predicted octanol–water partition coefficient (Wildman–Crippen LogP) is 4.32. The third-order valence-corrected chi connectivity index (χ3v) is 3.75. The Morgan fingerprint density at radius 3 is 2.08 bits per heavy atom. The number of amides is 2. The highest BCUT2D eigenvalue weighted by atomic mass is 35.5. The molecule has 2 aromatic rings. The number of urea groups is 1. The van der Waals surface area contributed by atoms with Crippen molar-refractivity contribution in [3.05, 3.63) is 40.9 Å².